The summed E-state index contributed by atoms with van der Waals surface area (Å²) in [5.41, 5.74) is 2.86. The van der Waals surface area contributed by atoms with E-state index in [0.717, 1.165) is 44.0 Å². The monoisotopic (exact) mass is 508 g/mol. The summed E-state index contributed by atoms with van der Waals surface area (Å²) in [6.45, 7) is 2.43. The number of aliphatic hydroxyl groups excluding tert-OH is 2. The topological polar surface area (TPSA) is 65.8 Å². The Balaban J connectivity index is 1.30. The SMILES string of the molecule is CN(C)C1CC23CCC4(O2)C2CC=C(c5cccc6ncccc56)C2(C)CCC4(Cl)CC3C(O)C1O. The lowest BCUT2D eigenvalue weighted by Gasteiger charge is -2.65. The lowest BCUT2D eigenvalue weighted by Crippen LogP contribution is -2.72. The number of rotatable bonds is 2. The van der Waals surface area contributed by atoms with Crippen molar-refractivity contribution in [2.45, 2.75) is 86.2 Å². The minimum Gasteiger partial charge on any atom is -0.390 e. The molecule has 192 valence electrons. The molecular weight excluding hydrogens is 472 g/mol. The highest BCUT2D eigenvalue weighted by Crippen LogP contribution is 2.73. The molecule has 7 rings (SSSR count). The molecule has 9 atom stereocenters. The summed E-state index contributed by atoms with van der Waals surface area (Å²) in [5.74, 6) is 0.166. The molecule has 2 aliphatic heterocycles. The number of pyridine rings is 1. The zero-order chi connectivity index (χ0) is 25.1. The van der Waals surface area contributed by atoms with Crippen LogP contribution in [-0.4, -0.2) is 68.5 Å². The molecule has 2 saturated carbocycles. The largest absolute Gasteiger partial charge is 0.390 e. The first-order chi connectivity index (χ1) is 17.1. The van der Waals surface area contributed by atoms with Crippen LogP contribution >= 0.6 is 11.6 Å². The average molecular weight is 509 g/mol. The van der Waals surface area contributed by atoms with Crippen molar-refractivity contribution in [3.8, 4) is 0 Å². The van der Waals surface area contributed by atoms with Gasteiger partial charge in [0.2, 0.25) is 0 Å². The van der Waals surface area contributed by atoms with Crippen molar-refractivity contribution >= 4 is 28.1 Å². The molecule has 2 spiro atoms. The number of aliphatic hydroxyl groups is 2. The Morgan fingerprint density at radius 3 is 2.67 bits per heavy atom. The van der Waals surface area contributed by atoms with Gasteiger partial charge in [-0.2, -0.15) is 0 Å². The second-order valence-electron chi connectivity index (χ2n) is 12.7. The van der Waals surface area contributed by atoms with E-state index in [0.29, 0.717) is 12.3 Å². The summed E-state index contributed by atoms with van der Waals surface area (Å²) in [4.78, 5) is 6.14. The van der Waals surface area contributed by atoms with E-state index < -0.39 is 28.3 Å². The van der Waals surface area contributed by atoms with Crippen LogP contribution in [0.2, 0.25) is 0 Å². The van der Waals surface area contributed by atoms with Crippen LogP contribution in [0, 0.1) is 17.3 Å². The molecule has 2 aromatic rings. The zero-order valence-electron chi connectivity index (χ0n) is 21.5. The van der Waals surface area contributed by atoms with Crippen LogP contribution < -0.4 is 0 Å². The fraction of sp³-hybridized carbons (Fsp3) is 0.633. The molecule has 3 aliphatic carbocycles. The fourth-order valence-corrected chi connectivity index (χ4v) is 9.84. The number of nitrogens with zero attached hydrogens (tertiary/aromatic N) is 2. The molecule has 2 saturated heterocycles. The Morgan fingerprint density at radius 1 is 1.03 bits per heavy atom. The minimum absolute atomic E-state index is 0.0331. The number of hydrogen-bond acceptors (Lipinski definition) is 5. The Hall–Kier alpha value is -1.50. The maximum Gasteiger partial charge on any atom is 0.0958 e. The van der Waals surface area contributed by atoms with Crippen molar-refractivity contribution in [2.24, 2.45) is 17.3 Å². The van der Waals surface area contributed by atoms with Gasteiger partial charge in [0, 0.05) is 29.5 Å². The fourth-order valence-electron chi connectivity index (χ4n) is 9.32. The number of fused-ring (bicyclic) bond motifs is 2. The summed E-state index contributed by atoms with van der Waals surface area (Å²) in [7, 11) is 3.97. The summed E-state index contributed by atoms with van der Waals surface area (Å²) < 4.78 is 7.36. The van der Waals surface area contributed by atoms with Crippen LogP contribution in [0.4, 0.5) is 0 Å². The van der Waals surface area contributed by atoms with Crippen molar-refractivity contribution in [1.29, 1.82) is 0 Å². The van der Waals surface area contributed by atoms with Gasteiger partial charge in [0.1, 0.15) is 0 Å². The quantitative estimate of drug-likeness (QED) is 0.571. The molecule has 3 heterocycles. The third-order valence-corrected chi connectivity index (χ3v) is 11.8. The predicted octanol–water partition coefficient (Wildman–Crippen LogP) is 4.78. The van der Waals surface area contributed by atoms with Gasteiger partial charge in [-0.15, -0.1) is 11.6 Å². The highest BCUT2D eigenvalue weighted by molar-refractivity contribution is 6.25. The second-order valence-corrected chi connectivity index (χ2v) is 13.5. The highest BCUT2D eigenvalue weighted by Gasteiger charge is 2.76. The van der Waals surface area contributed by atoms with Crippen LogP contribution in [0.25, 0.3) is 16.5 Å². The number of halogens is 1. The van der Waals surface area contributed by atoms with Gasteiger partial charge < -0.3 is 19.8 Å². The first-order valence-electron chi connectivity index (χ1n) is 13.6. The van der Waals surface area contributed by atoms with Gasteiger partial charge >= 0.3 is 0 Å². The highest BCUT2D eigenvalue weighted by atomic mass is 35.5. The number of ether oxygens (including phenoxy) is 1. The predicted molar refractivity (Wildman–Crippen MR) is 142 cm³/mol. The van der Waals surface area contributed by atoms with Crippen molar-refractivity contribution in [3.63, 3.8) is 0 Å². The van der Waals surface area contributed by atoms with E-state index >= 15 is 0 Å². The molecule has 5 aliphatic rings. The summed E-state index contributed by atoms with van der Waals surface area (Å²) in [6, 6.07) is 10.6. The normalized spacial score (nSPS) is 47.4. The van der Waals surface area contributed by atoms with Gasteiger partial charge in [0.25, 0.3) is 0 Å². The summed E-state index contributed by atoms with van der Waals surface area (Å²) in [5, 5.41) is 23.5. The lowest BCUT2D eigenvalue weighted by molar-refractivity contribution is -0.276. The third-order valence-electron chi connectivity index (χ3n) is 11.1. The minimum atomic E-state index is -0.813. The maximum absolute atomic E-state index is 11.3. The Morgan fingerprint density at radius 2 is 1.86 bits per heavy atom. The van der Waals surface area contributed by atoms with Gasteiger partial charge in [0.15, 0.2) is 0 Å². The molecule has 4 fully saturated rings. The Kier molecular flexibility index (Phi) is 4.94. The van der Waals surface area contributed by atoms with E-state index in [1.54, 1.807) is 0 Å². The first-order valence-corrected chi connectivity index (χ1v) is 14.0. The number of likely N-dealkylation sites (N-methyl/N-ethyl adjacent to an activating group) is 1. The van der Waals surface area contributed by atoms with E-state index in [-0.39, 0.29) is 17.4 Å². The average Bonchev–Trinajstić information content (AvgIpc) is 3.39. The van der Waals surface area contributed by atoms with E-state index in [1.807, 2.05) is 31.3 Å². The molecule has 5 nitrogen and oxygen atoms in total. The number of alkyl halides is 1. The van der Waals surface area contributed by atoms with Crippen LogP contribution in [0.1, 0.15) is 57.4 Å². The first kappa shape index (κ1) is 23.6. The molecule has 9 unspecified atom stereocenters. The van der Waals surface area contributed by atoms with Gasteiger partial charge in [-0.25, -0.2) is 0 Å². The van der Waals surface area contributed by atoms with E-state index in [4.69, 9.17) is 16.3 Å². The van der Waals surface area contributed by atoms with Crippen LogP contribution in [-0.2, 0) is 4.74 Å². The second kappa shape index (κ2) is 7.54. The lowest BCUT2D eigenvalue weighted by atomic mass is 9.52. The van der Waals surface area contributed by atoms with E-state index in [2.05, 4.69) is 42.2 Å². The van der Waals surface area contributed by atoms with E-state index in [1.165, 1.54) is 16.5 Å². The molecule has 2 N–H and O–H groups in total. The Labute approximate surface area is 218 Å². The van der Waals surface area contributed by atoms with Gasteiger partial charge in [0.05, 0.1) is 33.8 Å². The Bertz CT molecular complexity index is 1260. The van der Waals surface area contributed by atoms with Gasteiger partial charge in [-0.1, -0.05) is 31.2 Å². The van der Waals surface area contributed by atoms with Gasteiger partial charge in [-0.3, -0.25) is 4.98 Å². The van der Waals surface area contributed by atoms with Crippen LogP contribution in [0.5, 0.6) is 0 Å². The standard InChI is InChI=1S/C30H37ClN2O3/c1-27-11-13-29(31)16-21-25(34)26(35)23(33(2)3)17-28(21)12-14-30(29,36-28)24(27)10-9-20(27)18-6-4-8-22-19(18)7-5-15-32-22/h4-9,15,21,23-26,34-35H,10-14,16-17H2,1-3H3. The molecule has 1 aromatic carbocycles. The number of hydrogen-bond donors (Lipinski definition) is 2. The van der Waals surface area contributed by atoms with Crippen molar-refractivity contribution < 1.29 is 14.9 Å². The zero-order valence-corrected chi connectivity index (χ0v) is 22.2. The molecule has 0 radical (unpaired) electrons. The smallest absolute Gasteiger partial charge is 0.0958 e. The summed E-state index contributed by atoms with van der Waals surface area (Å²) >= 11 is 7.65. The van der Waals surface area contributed by atoms with E-state index in [9.17, 15) is 10.2 Å². The molecular formula is C30H37ClN2O3. The molecule has 6 heteroatoms. The van der Waals surface area contributed by atoms with Crippen molar-refractivity contribution in [3.05, 3.63) is 48.2 Å². The number of benzene rings is 1. The number of aromatic nitrogens is 1. The number of allylic oxidation sites excluding steroid dienone is 2. The van der Waals surface area contributed by atoms with Crippen molar-refractivity contribution in [2.75, 3.05) is 14.1 Å². The molecule has 1 aromatic heterocycles. The van der Waals surface area contributed by atoms with Crippen LogP contribution in [0.3, 0.4) is 0 Å². The molecule has 2 bridgehead atoms. The third kappa shape index (κ3) is 2.79. The van der Waals surface area contributed by atoms with Crippen LogP contribution in [0.15, 0.2) is 42.6 Å². The summed E-state index contributed by atoms with van der Waals surface area (Å²) in [6.07, 6.45) is 8.82. The molecule has 36 heavy (non-hydrogen) atoms. The molecule has 0 amide bonds. The van der Waals surface area contributed by atoms with Gasteiger partial charge in [-0.05, 0) is 87.7 Å². The maximum atomic E-state index is 11.3. The van der Waals surface area contributed by atoms with Crippen molar-refractivity contribution in [1.82, 2.24) is 9.88 Å².